The monoisotopic (exact) mass is 771 g/mol. The van der Waals surface area contributed by atoms with Crippen LogP contribution in [0.2, 0.25) is 0 Å². The highest BCUT2D eigenvalue weighted by molar-refractivity contribution is 5.91. The molecule has 0 aliphatic heterocycles. The number of carbonyl (C=O) groups is 1. The van der Waals surface area contributed by atoms with Gasteiger partial charge in [-0.2, -0.15) is 0 Å². The number of fused-ring (bicyclic) bond motifs is 10. The number of aliphatic hydroxyl groups is 1. The largest absolute Gasteiger partial charge is 0.393 e. The molecule has 1 N–H and O–H groups in total. The topological polar surface area (TPSA) is 37.3 Å². The van der Waals surface area contributed by atoms with Gasteiger partial charge in [-0.3, -0.25) is 4.79 Å². The first-order valence-corrected chi connectivity index (χ1v) is 25.1. The fraction of sp³-hybridized carbons (Fsp3) is 0.907. The van der Waals surface area contributed by atoms with Crippen LogP contribution in [0.5, 0.6) is 0 Å². The molecule has 0 spiro atoms. The number of rotatable bonds is 10. The van der Waals surface area contributed by atoms with Gasteiger partial charge in [-0.05, 0) is 195 Å². The number of hydrogen-bond donors (Lipinski definition) is 1. The minimum absolute atomic E-state index is 0.0766. The predicted octanol–water partition coefficient (Wildman–Crippen LogP) is 14.8. The minimum Gasteiger partial charge on any atom is -0.393 e. The van der Waals surface area contributed by atoms with E-state index in [2.05, 4.69) is 81.4 Å². The molecule has 8 rings (SSSR count). The molecule has 16 atom stereocenters. The first kappa shape index (κ1) is 43.2. The molecule has 0 radical (unpaired) electrons. The molecule has 6 saturated carbocycles. The van der Waals surface area contributed by atoms with E-state index in [-0.39, 0.29) is 6.10 Å². The van der Waals surface area contributed by atoms with E-state index in [0.29, 0.717) is 33.4 Å². The summed E-state index contributed by atoms with van der Waals surface area (Å²) >= 11 is 0. The number of hydrogen-bond acceptors (Lipinski definition) is 2. The smallest absolute Gasteiger partial charge is 0.155 e. The minimum atomic E-state index is -0.0766. The standard InChI is InChI=1S/C27H46O.C27H44O/c2*1-18(2)7-6-8-19(3)23-11-12-24-22-10-9-20-17-21(28)13-15-26(20,4)25(22)14-16-27(23,24)5/h9,18-19,21-25,28H,6-8,10-17H2,1-5H3;13,15,18-20,22-25H,6-12,14,16-17H2,1-5H3/t19-,21+,22+,23-,24+,25+,26+,27-;19-,20?,22+,23-,24+,25+,26+,27-/m11/s1. The molecular weight excluding hydrogens is 681 g/mol. The molecule has 0 amide bonds. The maximum atomic E-state index is 12.0. The fourth-order valence-electron chi connectivity index (χ4n) is 17.3. The Bertz CT molecular complexity index is 1420. The summed E-state index contributed by atoms with van der Waals surface area (Å²) < 4.78 is 0. The quantitative estimate of drug-likeness (QED) is 0.225. The molecule has 0 aromatic heterocycles. The van der Waals surface area contributed by atoms with Crippen molar-refractivity contribution in [3.8, 4) is 0 Å². The third-order valence-electron chi connectivity index (χ3n) is 20.5. The molecule has 2 heteroatoms. The Hall–Kier alpha value is -0.890. The van der Waals surface area contributed by atoms with E-state index in [1.165, 1.54) is 116 Å². The van der Waals surface area contributed by atoms with Crippen molar-refractivity contribution >= 4 is 5.78 Å². The third kappa shape index (κ3) is 7.90. The SMILES string of the molecule is CC(C)CCC[C@@H](C)[C@H]1CC[C@H]2[C@@H]3CC=C4C[C@@H](O)CC[C@]4(C)[C@H]3CC[C@]12C.CC(C)CCC[C@@H](C)[C@H]1CC[C@H]2[C@@H]3CCC4CC(=O)C=C[C@]4(C)[C@H]3CC[C@]12C. The lowest BCUT2D eigenvalue weighted by molar-refractivity contribution is -0.122. The Morgan fingerprint density at radius 1 is 0.625 bits per heavy atom. The lowest BCUT2D eigenvalue weighted by Crippen LogP contribution is -2.52. The van der Waals surface area contributed by atoms with Gasteiger partial charge in [0.1, 0.15) is 0 Å². The molecule has 56 heavy (non-hydrogen) atoms. The molecule has 0 bridgehead atoms. The number of ketones is 1. The van der Waals surface area contributed by atoms with Gasteiger partial charge in [0, 0.05) is 6.42 Å². The van der Waals surface area contributed by atoms with Gasteiger partial charge in [0.15, 0.2) is 5.78 Å². The summed E-state index contributed by atoms with van der Waals surface area (Å²) in [6, 6.07) is 0. The fourth-order valence-corrected chi connectivity index (χ4v) is 17.3. The average Bonchev–Trinajstić information content (AvgIpc) is 3.69. The zero-order valence-electron chi connectivity index (χ0n) is 38.5. The predicted molar refractivity (Wildman–Crippen MR) is 237 cm³/mol. The summed E-state index contributed by atoms with van der Waals surface area (Å²) in [7, 11) is 0. The zero-order chi connectivity index (χ0) is 40.2. The van der Waals surface area contributed by atoms with E-state index in [1.807, 2.05) is 6.08 Å². The number of allylic oxidation sites excluding steroid dienone is 3. The van der Waals surface area contributed by atoms with Gasteiger partial charge in [0.05, 0.1) is 6.10 Å². The van der Waals surface area contributed by atoms with Crippen molar-refractivity contribution < 1.29 is 9.90 Å². The van der Waals surface area contributed by atoms with Gasteiger partial charge in [-0.15, -0.1) is 0 Å². The Labute approximate surface area is 347 Å². The van der Waals surface area contributed by atoms with Crippen molar-refractivity contribution in [2.75, 3.05) is 0 Å². The molecular formula is C54H90O2. The summed E-state index contributed by atoms with van der Waals surface area (Å²) in [4.78, 5) is 12.0. The second-order valence-electron chi connectivity index (χ2n) is 24.2. The van der Waals surface area contributed by atoms with E-state index >= 15 is 0 Å². The number of aliphatic hydroxyl groups excluding tert-OH is 1. The Balaban J connectivity index is 0.000000172. The van der Waals surface area contributed by atoms with Crippen LogP contribution in [0.4, 0.5) is 0 Å². The first-order chi connectivity index (χ1) is 26.5. The van der Waals surface area contributed by atoms with Gasteiger partial charge >= 0.3 is 0 Å². The highest BCUT2D eigenvalue weighted by Gasteiger charge is 2.61. The molecule has 0 aromatic carbocycles. The van der Waals surface area contributed by atoms with Crippen molar-refractivity contribution in [1.29, 1.82) is 0 Å². The Morgan fingerprint density at radius 3 is 1.79 bits per heavy atom. The molecule has 0 heterocycles. The van der Waals surface area contributed by atoms with Gasteiger partial charge in [0.25, 0.3) is 0 Å². The van der Waals surface area contributed by atoms with Crippen LogP contribution >= 0.6 is 0 Å². The van der Waals surface area contributed by atoms with Gasteiger partial charge < -0.3 is 5.11 Å². The molecule has 2 nitrogen and oxygen atoms in total. The highest BCUT2D eigenvalue weighted by Crippen LogP contribution is 2.69. The van der Waals surface area contributed by atoms with Crippen LogP contribution in [0.25, 0.3) is 0 Å². The Kier molecular flexibility index (Phi) is 13.0. The van der Waals surface area contributed by atoms with E-state index in [9.17, 15) is 9.90 Å². The summed E-state index contributed by atoms with van der Waals surface area (Å²) in [6.45, 7) is 25.0. The van der Waals surface area contributed by atoms with Gasteiger partial charge in [-0.25, -0.2) is 0 Å². The second kappa shape index (κ2) is 16.9. The van der Waals surface area contributed by atoms with E-state index in [0.717, 1.165) is 90.3 Å². The Morgan fingerprint density at radius 2 is 1.20 bits per heavy atom. The first-order valence-electron chi connectivity index (χ1n) is 25.1. The van der Waals surface area contributed by atoms with Crippen molar-refractivity contribution in [2.45, 2.75) is 210 Å². The van der Waals surface area contributed by atoms with Crippen LogP contribution in [-0.4, -0.2) is 17.0 Å². The molecule has 6 fully saturated rings. The van der Waals surface area contributed by atoms with Crippen LogP contribution < -0.4 is 0 Å². The molecule has 0 saturated heterocycles. The third-order valence-corrected chi connectivity index (χ3v) is 20.5. The van der Waals surface area contributed by atoms with Crippen molar-refractivity contribution in [3.05, 3.63) is 23.8 Å². The second-order valence-corrected chi connectivity index (χ2v) is 24.2. The maximum absolute atomic E-state index is 12.0. The van der Waals surface area contributed by atoms with Crippen LogP contribution in [-0.2, 0) is 4.79 Å². The van der Waals surface area contributed by atoms with Crippen LogP contribution in [0, 0.1) is 98.6 Å². The maximum Gasteiger partial charge on any atom is 0.155 e. The molecule has 318 valence electrons. The van der Waals surface area contributed by atoms with E-state index < -0.39 is 0 Å². The van der Waals surface area contributed by atoms with Crippen molar-refractivity contribution in [2.24, 2.45) is 98.6 Å². The van der Waals surface area contributed by atoms with Crippen LogP contribution in [0.1, 0.15) is 204 Å². The zero-order valence-corrected chi connectivity index (χ0v) is 38.5. The van der Waals surface area contributed by atoms with Gasteiger partial charge in [-0.1, -0.05) is 125 Å². The normalized spacial score (nSPS) is 46.4. The lowest BCUT2D eigenvalue weighted by atomic mass is 9.45. The van der Waals surface area contributed by atoms with Crippen molar-refractivity contribution in [1.82, 2.24) is 0 Å². The number of carbonyl (C=O) groups excluding carboxylic acids is 1. The lowest BCUT2D eigenvalue weighted by Gasteiger charge is -2.59. The van der Waals surface area contributed by atoms with Gasteiger partial charge in [0.2, 0.25) is 0 Å². The molecule has 8 aliphatic carbocycles. The van der Waals surface area contributed by atoms with E-state index in [4.69, 9.17) is 0 Å². The average molecular weight is 771 g/mol. The summed E-state index contributed by atoms with van der Waals surface area (Å²) in [5, 5.41) is 10.2. The molecule has 8 aliphatic rings. The summed E-state index contributed by atoms with van der Waals surface area (Å²) in [6.07, 6.45) is 35.0. The molecule has 0 aromatic rings. The van der Waals surface area contributed by atoms with Crippen molar-refractivity contribution in [3.63, 3.8) is 0 Å². The summed E-state index contributed by atoms with van der Waals surface area (Å²) in [5.41, 5.74) is 3.47. The van der Waals surface area contributed by atoms with E-state index in [1.54, 1.807) is 5.57 Å². The highest BCUT2D eigenvalue weighted by atomic mass is 16.3. The summed E-state index contributed by atoms with van der Waals surface area (Å²) in [5.74, 6) is 11.8. The van der Waals surface area contributed by atoms with Crippen LogP contribution in [0.3, 0.4) is 0 Å². The molecule has 1 unspecified atom stereocenters. The van der Waals surface area contributed by atoms with Crippen LogP contribution in [0.15, 0.2) is 23.8 Å².